The summed E-state index contributed by atoms with van der Waals surface area (Å²) in [5.74, 6) is -0.690. The number of carboxylic acids is 1. The van der Waals surface area contributed by atoms with Crippen LogP contribution in [0.15, 0.2) is 59.5 Å². The number of carbonyl (C=O) groups is 1. The minimum atomic E-state index is -4.19. The van der Waals surface area contributed by atoms with Gasteiger partial charge in [-0.15, -0.1) is 0 Å². The van der Waals surface area contributed by atoms with Crippen LogP contribution in [0.2, 0.25) is 0 Å². The minimum Gasteiger partial charge on any atom is -0.478 e. The average Bonchev–Trinajstić information content (AvgIpc) is 2.77. The maximum atomic E-state index is 13.2. The Balaban J connectivity index is 2.04. The molecular formula is C27H33N3O4S. The normalized spacial score (nSPS) is 12.5. The zero-order chi connectivity index (χ0) is 25.8. The number of nitrogens with two attached hydrogens (primary N) is 1. The molecule has 0 aliphatic carbocycles. The third kappa shape index (κ3) is 6.68. The highest BCUT2D eigenvalue weighted by atomic mass is 32.2. The molecule has 35 heavy (non-hydrogen) atoms. The third-order valence-electron chi connectivity index (χ3n) is 5.85. The van der Waals surface area contributed by atoms with Crippen LogP contribution in [0.1, 0.15) is 53.7 Å². The Bertz CT molecular complexity index is 1300. The van der Waals surface area contributed by atoms with Gasteiger partial charge in [0.1, 0.15) is 10.7 Å². The molecule has 4 N–H and O–H groups in total. The van der Waals surface area contributed by atoms with Gasteiger partial charge >= 0.3 is 5.97 Å². The molecule has 0 unspecified atom stereocenters. The van der Waals surface area contributed by atoms with Gasteiger partial charge in [-0.3, -0.25) is 4.72 Å². The first-order valence-corrected chi connectivity index (χ1v) is 13.1. The lowest BCUT2D eigenvalue weighted by atomic mass is 9.96. The summed E-state index contributed by atoms with van der Waals surface area (Å²) in [6.07, 6.45) is 2.32. The molecule has 0 saturated carbocycles. The molecule has 3 aromatic rings. The first kappa shape index (κ1) is 26.4. The van der Waals surface area contributed by atoms with Crippen molar-refractivity contribution in [3.63, 3.8) is 0 Å². The van der Waals surface area contributed by atoms with Gasteiger partial charge in [0, 0.05) is 11.6 Å². The first-order valence-electron chi connectivity index (χ1n) is 11.7. The van der Waals surface area contributed by atoms with E-state index in [1.54, 1.807) is 6.07 Å². The number of anilines is 1. The fourth-order valence-corrected chi connectivity index (χ4v) is 5.47. The predicted molar refractivity (Wildman–Crippen MR) is 139 cm³/mol. The van der Waals surface area contributed by atoms with E-state index >= 15 is 0 Å². The SMILES string of the molecule is Cc1cccc(C)c1-c1cc(CC[C@H](N)CC(C)C)cc(NS(=O)(=O)c2ccccc2C(=O)O)n1. The fraction of sp³-hybridized carbons (Fsp3) is 0.333. The lowest BCUT2D eigenvalue weighted by molar-refractivity contribution is 0.0692. The molecule has 8 heteroatoms. The van der Waals surface area contributed by atoms with Crippen LogP contribution in [0, 0.1) is 19.8 Å². The summed E-state index contributed by atoms with van der Waals surface area (Å²) in [6, 6.07) is 15.2. The second kappa shape index (κ2) is 11.0. The van der Waals surface area contributed by atoms with Crippen molar-refractivity contribution in [1.82, 2.24) is 4.98 Å². The van der Waals surface area contributed by atoms with Gasteiger partial charge in [-0.1, -0.05) is 44.2 Å². The van der Waals surface area contributed by atoms with Crippen molar-refractivity contribution in [3.05, 3.63) is 76.9 Å². The van der Waals surface area contributed by atoms with Gasteiger partial charge in [-0.25, -0.2) is 18.2 Å². The van der Waals surface area contributed by atoms with Crippen LogP contribution in [-0.2, 0) is 16.4 Å². The number of sulfonamides is 1. The highest BCUT2D eigenvalue weighted by Crippen LogP contribution is 2.29. The molecule has 0 aliphatic heterocycles. The maximum absolute atomic E-state index is 13.2. The van der Waals surface area contributed by atoms with Crippen molar-refractivity contribution in [1.29, 1.82) is 0 Å². The Morgan fingerprint density at radius 2 is 1.71 bits per heavy atom. The van der Waals surface area contributed by atoms with Crippen molar-refractivity contribution >= 4 is 21.8 Å². The number of pyridine rings is 1. The van der Waals surface area contributed by atoms with E-state index in [0.29, 0.717) is 18.0 Å². The van der Waals surface area contributed by atoms with Crippen LogP contribution < -0.4 is 10.5 Å². The molecule has 3 rings (SSSR count). The van der Waals surface area contributed by atoms with Gasteiger partial charge in [-0.2, -0.15) is 0 Å². The van der Waals surface area contributed by atoms with Gasteiger partial charge in [0.25, 0.3) is 10.0 Å². The molecular weight excluding hydrogens is 462 g/mol. The van der Waals surface area contributed by atoms with Crippen LogP contribution in [0.5, 0.6) is 0 Å². The molecule has 0 bridgehead atoms. The van der Waals surface area contributed by atoms with E-state index in [1.165, 1.54) is 24.3 Å². The zero-order valence-electron chi connectivity index (χ0n) is 20.6. The van der Waals surface area contributed by atoms with Crippen LogP contribution >= 0.6 is 0 Å². The number of aryl methyl sites for hydroxylation is 3. The zero-order valence-corrected chi connectivity index (χ0v) is 21.4. The number of rotatable bonds is 10. The molecule has 186 valence electrons. The number of hydrogen-bond acceptors (Lipinski definition) is 5. The average molecular weight is 496 g/mol. The van der Waals surface area contributed by atoms with Crippen molar-refractivity contribution in [2.24, 2.45) is 11.7 Å². The second-order valence-corrected chi connectivity index (χ2v) is 11.0. The monoisotopic (exact) mass is 495 g/mol. The summed E-state index contributed by atoms with van der Waals surface area (Å²) < 4.78 is 28.9. The Kier molecular flexibility index (Phi) is 8.30. The molecule has 1 atom stereocenters. The van der Waals surface area contributed by atoms with Crippen LogP contribution in [0.25, 0.3) is 11.3 Å². The number of nitrogens with one attached hydrogen (secondary N) is 1. The summed E-state index contributed by atoms with van der Waals surface area (Å²) in [5, 5.41) is 9.46. The van der Waals surface area contributed by atoms with Crippen molar-refractivity contribution in [3.8, 4) is 11.3 Å². The van der Waals surface area contributed by atoms with E-state index in [4.69, 9.17) is 5.73 Å². The smallest absolute Gasteiger partial charge is 0.337 e. The number of benzene rings is 2. The van der Waals surface area contributed by atoms with Crippen LogP contribution in [0.4, 0.5) is 5.82 Å². The molecule has 0 radical (unpaired) electrons. The van der Waals surface area contributed by atoms with Gasteiger partial charge in [-0.05, 0) is 80.0 Å². The molecule has 0 fully saturated rings. The Hall–Kier alpha value is -3.23. The summed E-state index contributed by atoms with van der Waals surface area (Å²) in [5.41, 5.74) is 10.5. The third-order valence-corrected chi connectivity index (χ3v) is 7.26. The second-order valence-electron chi connectivity index (χ2n) is 9.35. The summed E-state index contributed by atoms with van der Waals surface area (Å²) in [6.45, 7) is 8.24. The highest BCUT2D eigenvalue weighted by molar-refractivity contribution is 7.92. The first-order chi connectivity index (χ1) is 16.5. The Labute approximate surface area is 207 Å². The van der Waals surface area contributed by atoms with Crippen molar-refractivity contribution in [2.45, 2.75) is 57.9 Å². The fourth-order valence-electron chi connectivity index (χ4n) is 4.28. The number of aromatic nitrogens is 1. The minimum absolute atomic E-state index is 0.0365. The van der Waals surface area contributed by atoms with Crippen molar-refractivity contribution in [2.75, 3.05) is 4.72 Å². The standard InChI is InChI=1S/C27H33N3O4S/c1-17(2)14-21(28)13-12-20-15-23(26-18(3)8-7-9-19(26)4)29-25(16-20)30-35(33,34)24-11-6-5-10-22(24)27(31)32/h5-11,15-17,21H,12-14,28H2,1-4H3,(H,29,30)(H,31,32)/t21-/m0/s1. The quantitative estimate of drug-likeness (QED) is 0.357. The molecule has 1 aromatic heterocycles. The van der Waals surface area contributed by atoms with Gasteiger partial charge in [0.2, 0.25) is 0 Å². The summed E-state index contributed by atoms with van der Waals surface area (Å²) in [4.78, 5) is 15.9. The molecule has 0 aliphatic rings. The molecule has 2 aromatic carbocycles. The number of hydrogen-bond donors (Lipinski definition) is 3. The van der Waals surface area contributed by atoms with E-state index in [1.807, 2.05) is 38.1 Å². The Morgan fingerprint density at radius 1 is 1.06 bits per heavy atom. The number of carboxylic acid groups (broad SMARTS) is 1. The van der Waals surface area contributed by atoms with E-state index in [0.717, 1.165) is 35.1 Å². The van der Waals surface area contributed by atoms with Gasteiger partial charge in [0.15, 0.2) is 0 Å². The van der Waals surface area contributed by atoms with E-state index < -0.39 is 16.0 Å². The highest BCUT2D eigenvalue weighted by Gasteiger charge is 2.23. The number of aromatic carboxylic acids is 1. The summed E-state index contributed by atoms with van der Waals surface area (Å²) >= 11 is 0. The molecule has 7 nitrogen and oxygen atoms in total. The number of nitrogens with zero attached hydrogens (tertiary/aromatic N) is 1. The largest absolute Gasteiger partial charge is 0.478 e. The van der Waals surface area contributed by atoms with Crippen LogP contribution in [0.3, 0.4) is 0 Å². The van der Waals surface area contributed by atoms with E-state index in [2.05, 4.69) is 23.6 Å². The maximum Gasteiger partial charge on any atom is 0.337 e. The van der Waals surface area contributed by atoms with E-state index in [9.17, 15) is 18.3 Å². The molecule has 1 heterocycles. The Morgan fingerprint density at radius 3 is 2.34 bits per heavy atom. The lowest BCUT2D eigenvalue weighted by Gasteiger charge is -2.17. The summed E-state index contributed by atoms with van der Waals surface area (Å²) in [7, 11) is -4.19. The van der Waals surface area contributed by atoms with Crippen molar-refractivity contribution < 1.29 is 18.3 Å². The van der Waals surface area contributed by atoms with Gasteiger partial charge in [0.05, 0.1) is 11.3 Å². The van der Waals surface area contributed by atoms with Gasteiger partial charge < -0.3 is 10.8 Å². The van der Waals surface area contributed by atoms with E-state index in [-0.39, 0.29) is 22.3 Å². The molecule has 0 spiro atoms. The molecule has 0 amide bonds. The lowest BCUT2D eigenvalue weighted by Crippen LogP contribution is -2.22. The predicted octanol–water partition coefficient (Wildman–Crippen LogP) is 5.17. The molecule has 0 saturated heterocycles. The van der Waals surface area contributed by atoms with Crippen LogP contribution in [-0.4, -0.2) is 30.5 Å². The topological polar surface area (TPSA) is 122 Å².